The monoisotopic (exact) mass is 486 g/mol. The molecule has 1 rings (SSSR count). The maximum Gasteiger partial charge on any atom is 0.335 e. The van der Waals surface area contributed by atoms with E-state index < -0.39 is 45.3 Å². The summed E-state index contributed by atoms with van der Waals surface area (Å²) < 4.78 is 34.4. The Hall–Kier alpha value is -1.97. The molecule has 0 heterocycles. The van der Waals surface area contributed by atoms with Gasteiger partial charge < -0.3 is 19.7 Å². The Labute approximate surface area is 197 Å². The summed E-state index contributed by atoms with van der Waals surface area (Å²) in [6, 6.07) is 7.10. The Balaban J connectivity index is 2.98. The number of benzene rings is 1. The first-order chi connectivity index (χ1) is 15.3. The standard InChI is InChI=1S/C24H38O8S/c1-6-32-21(26)20(31-5)16-18-9-7-10-19(15-18)24(4,22(27)28)12-8-11-23(2,3)17-33(29,30)14-13-25/h7,9-10,15,20,25H,6,8,11-14,16-17H2,1-5H3,(H,27,28). The normalized spacial score (nSPS) is 15.0. The van der Waals surface area contributed by atoms with Crippen molar-refractivity contribution in [3.8, 4) is 0 Å². The van der Waals surface area contributed by atoms with E-state index in [-0.39, 0.29) is 24.5 Å². The number of hydrogen-bond donors (Lipinski definition) is 2. The van der Waals surface area contributed by atoms with Gasteiger partial charge in [0.2, 0.25) is 0 Å². The van der Waals surface area contributed by atoms with Crippen LogP contribution in [0, 0.1) is 5.41 Å². The number of carbonyl (C=O) groups is 2. The number of ether oxygens (including phenoxy) is 2. The molecule has 0 saturated carbocycles. The van der Waals surface area contributed by atoms with Gasteiger partial charge in [0.15, 0.2) is 15.9 Å². The lowest BCUT2D eigenvalue weighted by Crippen LogP contribution is -2.34. The second-order valence-electron chi connectivity index (χ2n) is 9.35. The summed E-state index contributed by atoms with van der Waals surface area (Å²) in [6.45, 7) is 6.87. The highest BCUT2D eigenvalue weighted by atomic mass is 32.2. The number of methoxy groups -OCH3 is 1. The van der Waals surface area contributed by atoms with Crippen LogP contribution in [0.15, 0.2) is 24.3 Å². The highest BCUT2D eigenvalue weighted by Gasteiger charge is 2.36. The van der Waals surface area contributed by atoms with Gasteiger partial charge in [-0.1, -0.05) is 44.5 Å². The van der Waals surface area contributed by atoms with E-state index in [1.165, 1.54) is 7.11 Å². The van der Waals surface area contributed by atoms with Crippen LogP contribution in [-0.2, 0) is 40.7 Å². The van der Waals surface area contributed by atoms with Gasteiger partial charge in [0.1, 0.15) is 0 Å². The van der Waals surface area contributed by atoms with E-state index in [4.69, 9.17) is 14.6 Å². The van der Waals surface area contributed by atoms with E-state index >= 15 is 0 Å². The summed E-state index contributed by atoms with van der Waals surface area (Å²) in [5.74, 6) is -1.78. The lowest BCUT2D eigenvalue weighted by atomic mass is 9.76. The SMILES string of the molecule is CCOC(=O)C(Cc1cccc(C(C)(CCCC(C)(C)CS(=O)(=O)CCO)C(=O)O)c1)OC. The zero-order chi connectivity index (χ0) is 25.3. The van der Waals surface area contributed by atoms with Gasteiger partial charge >= 0.3 is 11.9 Å². The molecule has 0 spiro atoms. The molecule has 188 valence electrons. The average Bonchev–Trinajstić information content (AvgIpc) is 2.70. The quantitative estimate of drug-likeness (QED) is 0.362. The minimum absolute atomic E-state index is 0.0634. The third-order valence-corrected chi connectivity index (χ3v) is 7.86. The number of aliphatic hydroxyl groups excluding tert-OH is 1. The van der Waals surface area contributed by atoms with Crippen LogP contribution in [0.5, 0.6) is 0 Å². The third-order valence-electron chi connectivity index (χ3n) is 5.83. The average molecular weight is 487 g/mol. The number of hydrogen-bond acceptors (Lipinski definition) is 7. The topological polar surface area (TPSA) is 127 Å². The van der Waals surface area contributed by atoms with Crippen LogP contribution in [0.25, 0.3) is 0 Å². The highest BCUT2D eigenvalue weighted by Crippen LogP contribution is 2.34. The Morgan fingerprint density at radius 1 is 1.15 bits per heavy atom. The van der Waals surface area contributed by atoms with E-state index in [0.29, 0.717) is 24.8 Å². The van der Waals surface area contributed by atoms with Gasteiger partial charge in [-0.05, 0) is 43.2 Å². The number of carboxylic acids is 1. The van der Waals surface area contributed by atoms with Gasteiger partial charge in [0.25, 0.3) is 0 Å². The van der Waals surface area contributed by atoms with Crippen molar-refractivity contribution in [3.63, 3.8) is 0 Å². The summed E-state index contributed by atoms with van der Waals surface area (Å²) >= 11 is 0. The molecule has 0 aromatic heterocycles. The lowest BCUT2D eigenvalue weighted by molar-refractivity contribution is -0.154. The summed E-state index contributed by atoms with van der Waals surface area (Å²) in [6.07, 6.45) is 0.834. The number of carboxylic acid groups (broad SMARTS) is 1. The minimum atomic E-state index is -3.37. The van der Waals surface area contributed by atoms with Gasteiger partial charge in [-0.2, -0.15) is 0 Å². The number of aliphatic carboxylic acids is 1. The molecule has 0 radical (unpaired) electrons. The fourth-order valence-electron chi connectivity index (χ4n) is 3.93. The molecule has 0 aliphatic carbocycles. The molecule has 0 aliphatic heterocycles. The Morgan fingerprint density at radius 2 is 1.82 bits per heavy atom. The van der Waals surface area contributed by atoms with Crippen molar-refractivity contribution in [3.05, 3.63) is 35.4 Å². The molecule has 2 atom stereocenters. The first kappa shape index (κ1) is 29.1. The Morgan fingerprint density at radius 3 is 2.36 bits per heavy atom. The van der Waals surface area contributed by atoms with Gasteiger partial charge in [-0.15, -0.1) is 0 Å². The zero-order valence-electron chi connectivity index (χ0n) is 20.3. The third kappa shape index (κ3) is 9.06. The largest absolute Gasteiger partial charge is 0.481 e. The van der Waals surface area contributed by atoms with E-state index in [1.807, 2.05) is 19.9 Å². The van der Waals surface area contributed by atoms with Crippen molar-refractivity contribution in [2.45, 2.75) is 64.9 Å². The lowest BCUT2D eigenvalue weighted by Gasteiger charge is -2.29. The number of carbonyl (C=O) groups excluding carboxylic acids is 1. The van der Waals surface area contributed by atoms with Crippen LogP contribution in [0.4, 0.5) is 0 Å². The number of aliphatic hydroxyl groups is 1. The van der Waals surface area contributed by atoms with Crippen molar-refractivity contribution in [1.29, 1.82) is 0 Å². The van der Waals surface area contributed by atoms with Gasteiger partial charge in [-0.3, -0.25) is 4.79 Å². The van der Waals surface area contributed by atoms with E-state index in [1.54, 1.807) is 32.0 Å². The number of esters is 1. The smallest absolute Gasteiger partial charge is 0.335 e. The predicted molar refractivity (Wildman–Crippen MR) is 126 cm³/mol. The van der Waals surface area contributed by atoms with Crippen molar-refractivity contribution in [1.82, 2.24) is 0 Å². The van der Waals surface area contributed by atoms with Crippen LogP contribution >= 0.6 is 0 Å². The predicted octanol–water partition coefficient (Wildman–Crippen LogP) is 2.75. The second kappa shape index (κ2) is 12.5. The summed E-state index contributed by atoms with van der Waals surface area (Å²) in [5.41, 5.74) is -0.351. The molecule has 9 heteroatoms. The molecule has 1 aromatic carbocycles. The van der Waals surface area contributed by atoms with Crippen molar-refractivity contribution >= 4 is 21.8 Å². The van der Waals surface area contributed by atoms with E-state index in [2.05, 4.69) is 0 Å². The molecule has 33 heavy (non-hydrogen) atoms. The van der Waals surface area contributed by atoms with Crippen LogP contribution in [0.1, 0.15) is 58.1 Å². The van der Waals surface area contributed by atoms with E-state index in [0.717, 1.165) is 5.56 Å². The second-order valence-corrected chi connectivity index (χ2v) is 11.5. The summed E-state index contributed by atoms with van der Waals surface area (Å²) in [7, 11) is -1.94. The van der Waals surface area contributed by atoms with Crippen molar-refractivity contribution < 1.29 is 37.7 Å². The number of rotatable bonds is 15. The summed E-state index contributed by atoms with van der Waals surface area (Å²) in [4.78, 5) is 24.3. The van der Waals surface area contributed by atoms with Gasteiger partial charge in [-0.25, -0.2) is 13.2 Å². The Bertz CT molecular complexity index is 893. The summed E-state index contributed by atoms with van der Waals surface area (Å²) in [5, 5.41) is 19.0. The maximum atomic E-state index is 12.3. The van der Waals surface area contributed by atoms with Crippen LogP contribution < -0.4 is 0 Å². The molecule has 0 bridgehead atoms. The Kier molecular flexibility index (Phi) is 11.0. The minimum Gasteiger partial charge on any atom is -0.481 e. The molecule has 1 aromatic rings. The molecular weight excluding hydrogens is 448 g/mol. The first-order valence-electron chi connectivity index (χ1n) is 11.1. The number of sulfone groups is 1. The van der Waals surface area contributed by atoms with Gasteiger partial charge in [0, 0.05) is 13.5 Å². The first-order valence-corrected chi connectivity index (χ1v) is 13.0. The van der Waals surface area contributed by atoms with E-state index in [9.17, 15) is 23.1 Å². The molecule has 0 fully saturated rings. The fraction of sp³-hybridized carbons (Fsp3) is 0.667. The molecule has 0 aliphatic rings. The van der Waals surface area contributed by atoms with Crippen LogP contribution in [0.3, 0.4) is 0 Å². The van der Waals surface area contributed by atoms with Crippen molar-refractivity contribution in [2.24, 2.45) is 5.41 Å². The van der Waals surface area contributed by atoms with Crippen molar-refractivity contribution in [2.75, 3.05) is 31.8 Å². The molecule has 2 unspecified atom stereocenters. The van der Waals surface area contributed by atoms with Crippen LogP contribution in [0.2, 0.25) is 0 Å². The highest BCUT2D eigenvalue weighted by molar-refractivity contribution is 7.91. The molecule has 2 N–H and O–H groups in total. The molecule has 8 nitrogen and oxygen atoms in total. The molecule has 0 amide bonds. The van der Waals surface area contributed by atoms with Gasteiger partial charge in [0.05, 0.1) is 30.1 Å². The fourth-order valence-corrected chi connectivity index (χ4v) is 5.69. The van der Waals surface area contributed by atoms with Crippen LogP contribution in [-0.4, -0.2) is 68.5 Å². The zero-order valence-corrected chi connectivity index (χ0v) is 21.1. The molecule has 0 saturated heterocycles. The maximum absolute atomic E-state index is 12.3. The molecular formula is C24H38O8S.